The number of furan rings is 1. The van der Waals surface area contributed by atoms with Gasteiger partial charge in [0.05, 0.1) is 4.47 Å². The monoisotopic (exact) mass is 370 g/mol. The Hall–Kier alpha value is -1.04. The molecule has 1 aliphatic rings. The number of halogens is 2. The highest BCUT2D eigenvalue weighted by molar-refractivity contribution is 9.10. The molecule has 2 aromatic rings. The van der Waals surface area contributed by atoms with Gasteiger partial charge < -0.3 is 15.1 Å². The quantitative estimate of drug-likeness (QED) is 0.878. The first kappa shape index (κ1) is 14.9. The standard InChI is InChI=1S/C15H16BrClN2O2/c1-8-11-4-10(17)5-12(16)14(11)21-13(8)15(20)19-3-2-9(6-18)7-19/h4-5,9H,2-3,6-7,18H2,1H3. The number of carbonyl (C=O) groups excluding carboxylic acids is 1. The molecule has 1 aromatic carbocycles. The maximum absolute atomic E-state index is 12.6. The molecular weight excluding hydrogens is 356 g/mol. The van der Waals surface area contributed by atoms with Crippen molar-refractivity contribution in [3.8, 4) is 0 Å². The number of hydrogen-bond donors (Lipinski definition) is 1. The number of amides is 1. The lowest BCUT2D eigenvalue weighted by Gasteiger charge is -2.14. The van der Waals surface area contributed by atoms with E-state index in [1.807, 2.05) is 17.9 Å². The minimum Gasteiger partial charge on any atom is -0.449 e. The van der Waals surface area contributed by atoms with E-state index < -0.39 is 0 Å². The van der Waals surface area contributed by atoms with Crippen LogP contribution in [-0.4, -0.2) is 30.4 Å². The Morgan fingerprint density at radius 3 is 3.00 bits per heavy atom. The van der Waals surface area contributed by atoms with Crippen molar-refractivity contribution in [3.05, 3.63) is 33.0 Å². The van der Waals surface area contributed by atoms with Gasteiger partial charge in [-0.3, -0.25) is 4.79 Å². The topological polar surface area (TPSA) is 59.5 Å². The van der Waals surface area contributed by atoms with Gasteiger partial charge in [-0.1, -0.05) is 11.6 Å². The molecule has 0 saturated carbocycles. The summed E-state index contributed by atoms with van der Waals surface area (Å²) in [5.74, 6) is 0.716. The second kappa shape index (κ2) is 5.63. The van der Waals surface area contributed by atoms with Crippen molar-refractivity contribution >= 4 is 44.4 Å². The van der Waals surface area contributed by atoms with Crippen molar-refractivity contribution in [1.82, 2.24) is 4.90 Å². The van der Waals surface area contributed by atoms with Gasteiger partial charge in [-0.25, -0.2) is 0 Å². The molecule has 4 nitrogen and oxygen atoms in total. The van der Waals surface area contributed by atoms with Gasteiger partial charge in [0.15, 0.2) is 5.76 Å². The van der Waals surface area contributed by atoms with E-state index in [9.17, 15) is 4.79 Å². The molecular formula is C15H16BrClN2O2. The highest BCUT2D eigenvalue weighted by Gasteiger charge is 2.29. The summed E-state index contributed by atoms with van der Waals surface area (Å²) in [6.07, 6.45) is 0.955. The van der Waals surface area contributed by atoms with Crippen molar-refractivity contribution in [2.45, 2.75) is 13.3 Å². The third-order valence-corrected chi connectivity index (χ3v) is 4.86. The average molecular weight is 372 g/mol. The van der Waals surface area contributed by atoms with Gasteiger partial charge in [0.25, 0.3) is 5.91 Å². The van der Waals surface area contributed by atoms with E-state index in [1.54, 1.807) is 6.07 Å². The number of rotatable bonds is 2. The third-order valence-electron chi connectivity index (χ3n) is 4.06. The maximum Gasteiger partial charge on any atom is 0.289 e. The SMILES string of the molecule is Cc1c(C(=O)N2CCC(CN)C2)oc2c(Br)cc(Cl)cc12. The van der Waals surface area contributed by atoms with Gasteiger partial charge in [0.2, 0.25) is 0 Å². The average Bonchev–Trinajstić information content (AvgIpc) is 3.04. The van der Waals surface area contributed by atoms with Crippen LogP contribution in [0.3, 0.4) is 0 Å². The Bertz CT molecular complexity index is 713. The first-order valence-corrected chi connectivity index (χ1v) is 8.06. The fraction of sp³-hybridized carbons (Fsp3) is 0.400. The summed E-state index contributed by atoms with van der Waals surface area (Å²) in [6, 6.07) is 3.59. The summed E-state index contributed by atoms with van der Waals surface area (Å²) in [5.41, 5.74) is 7.17. The highest BCUT2D eigenvalue weighted by atomic mass is 79.9. The van der Waals surface area contributed by atoms with Gasteiger partial charge in [-0.15, -0.1) is 0 Å². The van der Waals surface area contributed by atoms with Gasteiger partial charge in [0.1, 0.15) is 5.58 Å². The first-order valence-electron chi connectivity index (χ1n) is 6.88. The van der Waals surface area contributed by atoms with Gasteiger partial charge in [-0.2, -0.15) is 0 Å². The molecule has 2 N–H and O–H groups in total. The summed E-state index contributed by atoms with van der Waals surface area (Å²) in [6.45, 7) is 3.94. The van der Waals surface area contributed by atoms with E-state index in [4.69, 9.17) is 21.8 Å². The summed E-state index contributed by atoms with van der Waals surface area (Å²) in [7, 11) is 0. The lowest BCUT2D eigenvalue weighted by molar-refractivity contribution is 0.0757. The molecule has 0 radical (unpaired) electrons. The maximum atomic E-state index is 12.6. The molecule has 1 amide bonds. The summed E-state index contributed by atoms with van der Waals surface area (Å²) in [5, 5.41) is 1.48. The second-order valence-electron chi connectivity index (χ2n) is 5.46. The molecule has 112 valence electrons. The first-order chi connectivity index (χ1) is 10.0. The molecule has 1 fully saturated rings. The van der Waals surface area contributed by atoms with Crippen molar-refractivity contribution < 1.29 is 9.21 Å². The van der Waals surface area contributed by atoms with E-state index in [2.05, 4.69) is 15.9 Å². The lowest BCUT2D eigenvalue weighted by atomic mass is 10.1. The number of hydrogen-bond acceptors (Lipinski definition) is 3. The molecule has 21 heavy (non-hydrogen) atoms. The number of nitrogens with two attached hydrogens (primary N) is 1. The number of nitrogens with zero attached hydrogens (tertiary/aromatic N) is 1. The molecule has 0 bridgehead atoms. The largest absolute Gasteiger partial charge is 0.449 e. The molecule has 1 aliphatic heterocycles. The molecule has 3 rings (SSSR count). The molecule has 2 heterocycles. The van der Waals surface area contributed by atoms with Crippen LogP contribution in [0.5, 0.6) is 0 Å². The minimum atomic E-state index is -0.0670. The zero-order chi connectivity index (χ0) is 15.1. The Balaban J connectivity index is 1.99. The normalized spacial score (nSPS) is 18.7. The number of fused-ring (bicyclic) bond motifs is 1. The minimum absolute atomic E-state index is 0.0670. The second-order valence-corrected chi connectivity index (χ2v) is 6.75. The number of aryl methyl sites for hydroxylation is 1. The molecule has 6 heteroatoms. The van der Waals surface area contributed by atoms with E-state index >= 15 is 0 Å². The van der Waals surface area contributed by atoms with Crippen LogP contribution in [0.2, 0.25) is 5.02 Å². The zero-order valence-corrected chi connectivity index (χ0v) is 14.0. The van der Waals surface area contributed by atoms with E-state index in [0.717, 1.165) is 28.4 Å². The summed E-state index contributed by atoms with van der Waals surface area (Å²) < 4.78 is 6.56. The van der Waals surface area contributed by atoms with Gasteiger partial charge >= 0.3 is 0 Å². The Kier molecular flexibility index (Phi) is 3.99. The predicted octanol–water partition coefficient (Wildman–Crippen LogP) is 3.58. The Labute approximate surface area is 136 Å². The van der Waals surface area contributed by atoms with E-state index in [1.165, 1.54) is 0 Å². The Morgan fingerprint density at radius 2 is 2.33 bits per heavy atom. The smallest absolute Gasteiger partial charge is 0.289 e. The van der Waals surface area contributed by atoms with Crippen LogP contribution in [-0.2, 0) is 0 Å². The molecule has 1 unspecified atom stereocenters. The number of carbonyl (C=O) groups is 1. The van der Waals surface area contributed by atoms with Gasteiger partial charge in [0, 0.05) is 29.1 Å². The van der Waals surface area contributed by atoms with Crippen molar-refractivity contribution in [2.24, 2.45) is 11.7 Å². The highest BCUT2D eigenvalue weighted by Crippen LogP contribution is 2.34. The van der Waals surface area contributed by atoms with Crippen LogP contribution in [0.15, 0.2) is 21.0 Å². The number of likely N-dealkylation sites (tertiary alicyclic amines) is 1. The van der Waals surface area contributed by atoms with E-state index in [0.29, 0.717) is 35.4 Å². The third kappa shape index (κ3) is 2.58. The van der Waals surface area contributed by atoms with E-state index in [-0.39, 0.29) is 5.91 Å². The van der Waals surface area contributed by atoms with Crippen molar-refractivity contribution in [1.29, 1.82) is 0 Å². The van der Waals surface area contributed by atoms with Crippen LogP contribution >= 0.6 is 27.5 Å². The van der Waals surface area contributed by atoms with Crippen molar-refractivity contribution in [3.63, 3.8) is 0 Å². The van der Waals surface area contributed by atoms with Crippen LogP contribution in [0.1, 0.15) is 22.5 Å². The fourth-order valence-corrected chi connectivity index (χ4v) is 3.69. The molecule has 0 spiro atoms. The zero-order valence-electron chi connectivity index (χ0n) is 11.7. The van der Waals surface area contributed by atoms with Crippen LogP contribution < -0.4 is 5.73 Å². The summed E-state index contributed by atoms with van der Waals surface area (Å²) >= 11 is 9.50. The lowest BCUT2D eigenvalue weighted by Crippen LogP contribution is -2.30. The van der Waals surface area contributed by atoms with Crippen molar-refractivity contribution in [2.75, 3.05) is 19.6 Å². The van der Waals surface area contributed by atoms with Crippen LogP contribution in [0, 0.1) is 12.8 Å². The molecule has 1 aromatic heterocycles. The van der Waals surface area contributed by atoms with Gasteiger partial charge in [-0.05, 0) is 53.9 Å². The van der Waals surface area contributed by atoms with Crippen LogP contribution in [0.25, 0.3) is 11.0 Å². The fourth-order valence-electron chi connectivity index (χ4n) is 2.80. The molecule has 1 saturated heterocycles. The molecule has 1 atom stereocenters. The predicted molar refractivity (Wildman–Crippen MR) is 86.7 cm³/mol. The number of benzene rings is 1. The molecule has 0 aliphatic carbocycles. The van der Waals surface area contributed by atoms with Crippen LogP contribution in [0.4, 0.5) is 0 Å². The Morgan fingerprint density at radius 1 is 1.57 bits per heavy atom. The summed E-state index contributed by atoms with van der Waals surface area (Å²) in [4.78, 5) is 14.5.